The third-order valence-corrected chi connectivity index (χ3v) is 3.53. The molecule has 0 aliphatic carbocycles. The van der Waals surface area contributed by atoms with Gasteiger partial charge in [0.25, 0.3) is 0 Å². The Morgan fingerprint density at radius 3 is 2.35 bits per heavy atom. The van der Waals surface area contributed by atoms with Crippen LogP contribution in [0.4, 0.5) is 0 Å². The predicted octanol–water partition coefficient (Wildman–Crippen LogP) is 4.64. The Labute approximate surface area is 123 Å². The minimum Gasteiger partial charge on any atom is -0.485 e. The average Bonchev–Trinajstić information content (AvgIpc) is 2.47. The SMILES string of the molecule is CCCCCc1ccc(OC[C]=O)c(CCCCC)c1. The highest BCUT2D eigenvalue weighted by Crippen LogP contribution is 2.23. The van der Waals surface area contributed by atoms with E-state index in [1.807, 2.05) is 6.07 Å². The lowest BCUT2D eigenvalue weighted by molar-refractivity contribution is 0.360. The zero-order chi connectivity index (χ0) is 14.6. The van der Waals surface area contributed by atoms with Crippen molar-refractivity contribution >= 4 is 6.29 Å². The average molecular weight is 275 g/mol. The van der Waals surface area contributed by atoms with Crippen LogP contribution in [0.1, 0.15) is 63.5 Å². The van der Waals surface area contributed by atoms with Gasteiger partial charge in [-0.15, -0.1) is 0 Å². The van der Waals surface area contributed by atoms with E-state index in [1.165, 1.54) is 49.7 Å². The fraction of sp³-hybridized carbons (Fsp3) is 0.611. The Morgan fingerprint density at radius 1 is 1.00 bits per heavy atom. The van der Waals surface area contributed by atoms with Gasteiger partial charge < -0.3 is 4.74 Å². The summed E-state index contributed by atoms with van der Waals surface area (Å²) in [4.78, 5) is 10.3. The molecule has 2 nitrogen and oxygen atoms in total. The van der Waals surface area contributed by atoms with Gasteiger partial charge in [0.05, 0.1) is 0 Å². The van der Waals surface area contributed by atoms with Crippen LogP contribution >= 0.6 is 0 Å². The van der Waals surface area contributed by atoms with E-state index in [4.69, 9.17) is 4.74 Å². The highest BCUT2D eigenvalue weighted by molar-refractivity contribution is 5.53. The summed E-state index contributed by atoms with van der Waals surface area (Å²) in [5.41, 5.74) is 2.62. The van der Waals surface area contributed by atoms with Crippen LogP contribution in [-0.2, 0) is 17.6 Å². The van der Waals surface area contributed by atoms with Crippen LogP contribution in [0.5, 0.6) is 5.75 Å². The zero-order valence-electron chi connectivity index (χ0n) is 12.9. The van der Waals surface area contributed by atoms with Crippen LogP contribution in [0.2, 0.25) is 0 Å². The first-order chi connectivity index (χ1) is 9.81. The molecular weight excluding hydrogens is 248 g/mol. The molecule has 0 saturated heterocycles. The number of benzene rings is 1. The molecule has 0 aromatic heterocycles. The van der Waals surface area contributed by atoms with Gasteiger partial charge in [-0.1, -0.05) is 51.7 Å². The molecule has 0 aliphatic heterocycles. The Kier molecular flexibility index (Phi) is 8.77. The van der Waals surface area contributed by atoms with Crippen LogP contribution in [0.15, 0.2) is 18.2 Å². The number of carbonyl (C=O) groups excluding carboxylic acids is 1. The Morgan fingerprint density at radius 2 is 1.70 bits per heavy atom. The molecule has 0 N–H and O–H groups in total. The van der Waals surface area contributed by atoms with E-state index in [9.17, 15) is 4.79 Å². The van der Waals surface area contributed by atoms with E-state index in [2.05, 4.69) is 26.0 Å². The van der Waals surface area contributed by atoms with Crippen molar-refractivity contribution in [3.05, 3.63) is 29.3 Å². The molecule has 0 saturated carbocycles. The number of rotatable bonds is 11. The molecule has 0 aliphatic rings. The fourth-order valence-corrected chi connectivity index (χ4v) is 2.38. The van der Waals surface area contributed by atoms with E-state index in [1.54, 1.807) is 6.29 Å². The minimum atomic E-state index is 0.0238. The van der Waals surface area contributed by atoms with Gasteiger partial charge in [0.1, 0.15) is 5.75 Å². The lowest BCUT2D eigenvalue weighted by atomic mass is 10.0. The van der Waals surface area contributed by atoms with Crippen molar-refractivity contribution < 1.29 is 9.53 Å². The molecule has 0 atom stereocenters. The van der Waals surface area contributed by atoms with Gasteiger partial charge in [0, 0.05) is 0 Å². The Bertz CT molecular complexity index is 385. The first kappa shape index (κ1) is 16.7. The van der Waals surface area contributed by atoms with Crippen LogP contribution < -0.4 is 4.74 Å². The van der Waals surface area contributed by atoms with Crippen molar-refractivity contribution in [1.82, 2.24) is 0 Å². The largest absolute Gasteiger partial charge is 0.485 e. The van der Waals surface area contributed by atoms with Crippen LogP contribution in [0.3, 0.4) is 0 Å². The standard InChI is InChI=1S/C18H27O2/c1-3-5-7-9-16-11-12-18(20-14-13-19)17(15-16)10-8-6-4-2/h11-12,15H,3-10,14H2,1-2H3. The van der Waals surface area contributed by atoms with Gasteiger partial charge >= 0.3 is 0 Å². The summed E-state index contributed by atoms with van der Waals surface area (Å²) in [6.07, 6.45) is 11.4. The molecule has 0 spiro atoms. The Balaban J connectivity index is 2.69. The summed E-state index contributed by atoms with van der Waals surface area (Å²) in [5.74, 6) is 0.851. The maximum atomic E-state index is 10.3. The quantitative estimate of drug-likeness (QED) is 0.550. The third-order valence-electron chi connectivity index (χ3n) is 3.53. The van der Waals surface area contributed by atoms with Gasteiger partial charge in [0.15, 0.2) is 6.61 Å². The van der Waals surface area contributed by atoms with Crippen LogP contribution in [-0.4, -0.2) is 12.9 Å². The molecule has 1 radical (unpaired) electrons. The maximum Gasteiger partial charge on any atom is 0.239 e. The minimum absolute atomic E-state index is 0.0238. The van der Waals surface area contributed by atoms with Gasteiger partial charge in [0.2, 0.25) is 6.29 Å². The monoisotopic (exact) mass is 275 g/mol. The summed E-state index contributed by atoms with van der Waals surface area (Å²) in [6, 6.07) is 6.39. The van der Waals surface area contributed by atoms with E-state index in [0.29, 0.717) is 0 Å². The number of aryl methyl sites for hydroxylation is 2. The van der Waals surface area contributed by atoms with Crippen molar-refractivity contribution in [1.29, 1.82) is 0 Å². The molecule has 0 unspecified atom stereocenters. The van der Waals surface area contributed by atoms with Crippen molar-refractivity contribution in [3.8, 4) is 5.75 Å². The second kappa shape index (κ2) is 10.5. The zero-order valence-corrected chi connectivity index (χ0v) is 12.9. The normalized spacial score (nSPS) is 10.5. The second-order valence-electron chi connectivity index (χ2n) is 5.29. The van der Waals surface area contributed by atoms with Gasteiger partial charge in [-0.25, -0.2) is 0 Å². The van der Waals surface area contributed by atoms with E-state index < -0.39 is 0 Å². The molecule has 0 heterocycles. The lowest BCUT2D eigenvalue weighted by Gasteiger charge is -2.12. The summed E-state index contributed by atoms with van der Waals surface area (Å²) in [6.45, 7) is 4.46. The highest BCUT2D eigenvalue weighted by Gasteiger charge is 2.06. The number of hydrogen-bond acceptors (Lipinski definition) is 2. The first-order valence-corrected chi connectivity index (χ1v) is 7.91. The summed E-state index contributed by atoms with van der Waals surface area (Å²) >= 11 is 0. The van der Waals surface area contributed by atoms with E-state index in [-0.39, 0.29) is 6.61 Å². The van der Waals surface area contributed by atoms with Crippen molar-refractivity contribution in [2.45, 2.75) is 65.2 Å². The number of ether oxygens (including phenoxy) is 1. The molecule has 0 fully saturated rings. The number of hydrogen-bond donors (Lipinski definition) is 0. The first-order valence-electron chi connectivity index (χ1n) is 7.91. The molecule has 1 aromatic rings. The number of unbranched alkanes of at least 4 members (excludes halogenated alkanes) is 4. The summed E-state index contributed by atoms with van der Waals surface area (Å²) < 4.78 is 5.47. The molecule has 0 amide bonds. The van der Waals surface area contributed by atoms with Crippen LogP contribution in [0.25, 0.3) is 0 Å². The van der Waals surface area contributed by atoms with E-state index in [0.717, 1.165) is 18.6 Å². The smallest absolute Gasteiger partial charge is 0.239 e. The lowest BCUT2D eigenvalue weighted by Crippen LogP contribution is -2.02. The molecule has 111 valence electrons. The van der Waals surface area contributed by atoms with Crippen LogP contribution in [0, 0.1) is 0 Å². The molecule has 20 heavy (non-hydrogen) atoms. The van der Waals surface area contributed by atoms with Crippen molar-refractivity contribution in [3.63, 3.8) is 0 Å². The third kappa shape index (κ3) is 6.23. The Hall–Kier alpha value is -1.31. The van der Waals surface area contributed by atoms with E-state index >= 15 is 0 Å². The molecule has 0 bridgehead atoms. The van der Waals surface area contributed by atoms with Gasteiger partial charge in [-0.2, -0.15) is 0 Å². The van der Waals surface area contributed by atoms with Gasteiger partial charge in [-0.05, 0) is 42.9 Å². The highest BCUT2D eigenvalue weighted by atomic mass is 16.5. The molecular formula is C18H27O2. The fourth-order valence-electron chi connectivity index (χ4n) is 2.38. The topological polar surface area (TPSA) is 26.3 Å². The molecule has 1 rings (SSSR count). The summed E-state index contributed by atoms with van der Waals surface area (Å²) in [5, 5.41) is 0. The predicted molar refractivity (Wildman–Crippen MR) is 84.1 cm³/mol. The van der Waals surface area contributed by atoms with Crippen molar-refractivity contribution in [2.24, 2.45) is 0 Å². The molecule has 1 aromatic carbocycles. The maximum absolute atomic E-state index is 10.3. The second-order valence-corrected chi connectivity index (χ2v) is 5.29. The van der Waals surface area contributed by atoms with Gasteiger partial charge in [-0.3, -0.25) is 4.79 Å². The van der Waals surface area contributed by atoms with Crippen molar-refractivity contribution in [2.75, 3.05) is 6.61 Å². The molecule has 2 heteroatoms. The summed E-state index contributed by atoms with van der Waals surface area (Å²) in [7, 11) is 0.